The minimum Gasteiger partial charge on any atom is -0.445 e. The Hall–Kier alpha value is -3.10. The molecule has 2 saturated heterocycles. The number of carbonyl (C=O) groups is 3. The highest BCUT2D eigenvalue weighted by molar-refractivity contribution is 6.31. The first-order valence-corrected chi connectivity index (χ1v) is 16.8. The number of rotatable bonds is 16. The van der Waals surface area contributed by atoms with E-state index in [-0.39, 0.29) is 18.4 Å². The van der Waals surface area contributed by atoms with Crippen LogP contribution >= 0.6 is 11.6 Å². The largest absolute Gasteiger partial charge is 0.445 e. The predicted molar refractivity (Wildman–Crippen MR) is 174 cm³/mol. The van der Waals surface area contributed by atoms with Crippen LogP contribution in [0.1, 0.15) is 82.3 Å². The fraction of sp³-hybridized carbons (Fsp3) is 0.571. The van der Waals surface area contributed by atoms with Crippen molar-refractivity contribution in [3.8, 4) is 0 Å². The molecule has 8 nitrogen and oxygen atoms in total. The van der Waals surface area contributed by atoms with Crippen LogP contribution in [0.2, 0.25) is 5.02 Å². The third-order valence-corrected chi connectivity index (χ3v) is 9.35. The number of piperidine rings is 1. The summed E-state index contributed by atoms with van der Waals surface area (Å²) in [4.78, 5) is 43.6. The predicted octanol–water partition coefficient (Wildman–Crippen LogP) is 6.11. The molecule has 2 aromatic carbocycles. The normalized spacial score (nSPS) is 18.3. The summed E-state index contributed by atoms with van der Waals surface area (Å²) in [7, 11) is 0. The minimum absolute atomic E-state index is 0.00242. The number of unbranched alkanes of at least 4 members (excludes halogenated alkanes) is 4. The van der Waals surface area contributed by atoms with E-state index in [0.717, 1.165) is 38.0 Å². The van der Waals surface area contributed by atoms with E-state index in [2.05, 4.69) is 52.8 Å². The lowest BCUT2D eigenvalue weighted by Crippen LogP contribution is -2.72. The van der Waals surface area contributed by atoms with Gasteiger partial charge in [-0.05, 0) is 76.0 Å². The molecule has 4 rings (SSSR count). The zero-order valence-corrected chi connectivity index (χ0v) is 27.0. The molecule has 9 heteroatoms. The zero-order valence-electron chi connectivity index (χ0n) is 26.2. The lowest BCUT2D eigenvalue weighted by molar-refractivity contribution is -0.161. The molecule has 0 unspecified atom stereocenters. The van der Waals surface area contributed by atoms with Gasteiger partial charge in [0.25, 0.3) is 0 Å². The Labute approximate surface area is 267 Å². The molecular weight excluding hydrogens is 576 g/mol. The third kappa shape index (κ3) is 9.45. The molecule has 2 fully saturated rings. The molecule has 2 aliphatic heterocycles. The van der Waals surface area contributed by atoms with Crippen LogP contribution in [-0.2, 0) is 27.4 Å². The van der Waals surface area contributed by atoms with E-state index in [4.69, 9.17) is 16.3 Å². The van der Waals surface area contributed by atoms with E-state index >= 15 is 0 Å². The monoisotopic (exact) mass is 624 g/mol. The number of nitrogens with one attached hydrogen (secondary N) is 2. The molecule has 1 atom stereocenters. The summed E-state index contributed by atoms with van der Waals surface area (Å²) in [6, 6.07) is 17.4. The average molecular weight is 625 g/mol. The maximum Gasteiger partial charge on any atom is 0.407 e. The van der Waals surface area contributed by atoms with Gasteiger partial charge in [-0.15, -0.1) is 0 Å². The smallest absolute Gasteiger partial charge is 0.407 e. The topological polar surface area (TPSA) is 91.0 Å². The molecular formula is C35H49ClN4O4. The Balaban J connectivity index is 1.14. The Bertz CT molecular complexity index is 1200. The van der Waals surface area contributed by atoms with Crippen molar-refractivity contribution in [2.75, 3.05) is 32.7 Å². The first kappa shape index (κ1) is 33.8. The lowest BCUT2D eigenvalue weighted by atomic mass is 9.81. The van der Waals surface area contributed by atoms with Crippen LogP contribution in [0, 0.1) is 0 Å². The Kier molecular flexibility index (Phi) is 13.4. The van der Waals surface area contributed by atoms with Crippen LogP contribution < -0.4 is 10.6 Å². The van der Waals surface area contributed by atoms with Crippen molar-refractivity contribution in [1.82, 2.24) is 20.4 Å². The first-order chi connectivity index (χ1) is 21.4. The number of carbonyl (C=O) groups excluding carboxylic acids is 3. The van der Waals surface area contributed by atoms with Crippen molar-refractivity contribution < 1.29 is 19.1 Å². The molecule has 2 N–H and O–H groups in total. The number of benzene rings is 2. The molecule has 0 saturated carbocycles. The van der Waals surface area contributed by atoms with Gasteiger partial charge in [-0.25, -0.2) is 4.79 Å². The van der Waals surface area contributed by atoms with Gasteiger partial charge < -0.3 is 25.2 Å². The lowest BCUT2D eigenvalue weighted by Gasteiger charge is -2.51. The van der Waals surface area contributed by atoms with Gasteiger partial charge in [0.1, 0.15) is 18.2 Å². The summed E-state index contributed by atoms with van der Waals surface area (Å²) in [6.07, 6.45) is 9.60. The van der Waals surface area contributed by atoms with Crippen LogP contribution in [0.5, 0.6) is 0 Å². The highest BCUT2D eigenvalue weighted by atomic mass is 35.5. The number of ether oxygens (including phenoxy) is 1. The summed E-state index contributed by atoms with van der Waals surface area (Å²) < 4.78 is 5.25. The van der Waals surface area contributed by atoms with Gasteiger partial charge >= 0.3 is 6.09 Å². The van der Waals surface area contributed by atoms with Crippen molar-refractivity contribution in [3.05, 3.63) is 70.7 Å². The van der Waals surface area contributed by atoms with E-state index in [0.29, 0.717) is 50.2 Å². The van der Waals surface area contributed by atoms with Crippen molar-refractivity contribution in [2.45, 2.75) is 95.7 Å². The fourth-order valence-electron chi connectivity index (χ4n) is 6.40. The van der Waals surface area contributed by atoms with E-state index in [9.17, 15) is 14.4 Å². The van der Waals surface area contributed by atoms with Gasteiger partial charge in [-0.3, -0.25) is 9.59 Å². The van der Waals surface area contributed by atoms with E-state index in [1.165, 1.54) is 31.2 Å². The van der Waals surface area contributed by atoms with Crippen molar-refractivity contribution >= 4 is 29.5 Å². The van der Waals surface area contributed by atoms with Crippen molar-refractivity contribution in [2.24, 2.45) is 0 Å². The zero-order chi connectivity index (χ0) is 31.2. The molecule has 0 radical (unpaired) electrons. The number of hydrogen-bond acceptors (Lipinski definition) is 5. The summed E-state index contributed by atoms with van der Waals surface area (Å²) in [5.41, 5.74) is 1.43. The number of alkyl carbamates (subject to hydrolysis) is 1. The van der Waals surface area contributed by atoms with E-state index in [1.54, 1.807) is 6.07 Å². The molecule has 2 aliphatic rings. The molecule has 3 amide bonds. The van der Waals surface area contributed by atoms with Gasteiger partial charge in [-0.1, -0.05) is 79.9 Å². The van der Waals surface area contributed by atoms with E-state index in [1.807, 2.05) is 23.1 Å². The van der Waals surface area contributed by atoms with Crippen LogP contribution in [0.25, 0.3) is 0 Å². The van der Waals surface area contributed by atoms with Crippen molar-refractivity contribution in [3.63, 3.8) is 0 Å². The highest BCUT2D eigenvalue weighted by Gasteiger charge is 2.52. The van der Waals surface area contributed by atoms with Crippen LogP contribution in [0.3, 0.4) is 0 Å². The average Bonchev–Trinajstić information content (AvgIpc) is 3.04. The minimum atomic E-state index is -0.733. The Morgan fingerprint density at radius 1 is 0.955 bits per heavy atom. The second kappa shape index (κ2) is 17.4. The Morgan fingerprint density at radius 3 is 2.43 bits per heavy atom. The molecule has 44 heavy (non-hydrogen) atoms. The fourth-order valence-corrected chi connectivity index (χ4v) is 6.59. The number of halogens is 1. The summed E-state index contributed by atoms with van der Waals surface area (Å²) in [6.45, 7) is 5.93. The van der Waals surface area contributed by atoms with Gasteiger partial charge in [0.15, 0.2) is 0 Å². The second-order valence-corrected chi connectivity index (χ2v) is 12.5. The van der Waals surface area contributed by atoms with Crippen molar-refractivity contribution in [1.29, 1.82) is 0 Å². The molecule has 0 aliphatic carbocycles. The van der Waals surface area contributed by atoms with Gasteiger partial charge in [0.2, 0.25) is 11.8 Å². The number of nitrogens with zero attached hydrogens (tertiary/aromatic N) is 2. The number of aryl methyl sites for hydroxylation is 1. The Morgan fingerprint density at radius 2 is 1.68 bits per heavy atom. The van der Waals surface area contributed by atoms with Gasteiger partial charge in [-0.2, -0.15) is 0 Å². The summed E-state index contributed by atoms with van der Waals surface area (Å²) >= 11 is 6.11. The standard InChI is InChI=1S/C35H49ClN4O4/c1-2-23-40-32(41)31(19-11-12-22-37-34(43)44-27-29-17-9-10-18-30(29)36)38-33(42)35(40)20-25-39(26-21-35)24-13-4-3-6-14-28-15-7-5-8-16-28/h5,7-10,15-18,31H,2-4,6,11-14,19-27H2,1H3,(H,37,43)(H,38,42)/t31-/m0/s1. The SMILES string of the molecule is CCCN1C(=O)[C@H](CCCCNC(=O)OCc2ccccc2Cl)NC(=O)C12CCN(CCCCCCc1ccccc1)CC2. The summed E-state index contributed by atoms with van der Waals surface area (Å²) in [5.74, 6) is 0.0304. The molecule has 240 valence electrons. The molecule has 2 aromatic rings. The first-order valence-electron chi connectivity index (χ1n) is 16.5. The number of piperazine rings is 1. The maximum absolute atomic E-state index is 13.6. The van der Waals surface area contributed by atoms with Crippen LogP contribution in [0.4, 0.5) is 4.79 Å². The molecule has 1 spiro atoms. The summed E-state index contributed by atoms with van der Waals surface area (Å²) in [5, 5.41) is 6.39. The quantitative estimate of drug-likeness (QED) is 0.220. The maximum atomic E-state index is 13.6. The number of amides is 3. The van der Waals surface area contributed by atoms with Gasteiger partial charge in [0.05, 0.1) is 0 Å². The van der Waals surface area contributed by atoms with E-state index < -0.39 is 17.7 Å². The van der Waals surface area contributed by atoms with Crippen LogP contribution in [-0.4, -0.2) is 72.0 Å². The second-order valence-electron chi connectivity index (χ2n) is 12.1. The molecule has 0 bridgehead atoms. The van der Waals surface area contributed by atoms with Crippen LogP contribution in [0.15, 0.2) is 54.6 Å². The van der Waals surface area contributed by atoms with Gasteiger partial charge in [0, 0.05) is 36.8 Å². The number of likely N-dealkylation sites (tertiary alicyclic amines) is 1. The molecule has 2 heterocycles. The third-order valence-electron chi connectivity index (χ3n) is 8.98. The highest BCUT2D eigenvalue weighted by Crippen LogP contribution is 2.34. The number of hydrogen-bond donors (Lipinski definition) is 2. The molecule has 0 aromatic heterocycles.